The Hall–Kier alpha value is -3.19. The Bertz CT molecular complexity index is 1400. The van der Waals surface area contributed by atoms with Crippen molar-refractivity contribution in [2.45, 2.75) is 79.6 Å². The molecule has 2 aromatic rings. The van der Waals surface area contributed by atoms with Crippen LogP contribution in [0.15, 0.2) is 75.5 Å². The summed E-state index contributed by atoms with van der Waals surface area (Å²) >= 11 is 3.59. The lowest BCUT2D eigenvalue weighted by Crippen LogP contribution is -2.44. The van der Waals surface area contributed by atoms with E-state index in [1.807, 2.05) is 36.4 Å². The molecule has 5 rings (SSSR count). The van der Waals surface area contributed by atoms with Crippen LogP contribution in [0.3, 0.4) is 0 Å². The van der Waals surface area contributed by atoms with E-state index in [4.69, 9.17) is 4.74 Å². The number of Topliss-reactive ketones (excluding diaryl/α,β-unsaturated/α-hetero) is 2. The van der Waals surface area contributed by atoms with Crippen LogP contribution in [0.25, 0.3) is 0 Å². The van der Waals surface area contributed by atoms with Crippen LogP contribution in [-0.4, -0.2) is 42.6 Å². The van der Waals surface area contributed by atoms with Gasteiger partial charge in [0.25, 0.3) is 5.91 Å². The molecule has 0 atom stereocenters. The molecular weight excluding hydrogens is 604 g/mol. The molecule has 0 saturated heterocycles. The van der Waals surface area contributed by atoms with Crippen LogP contribution in [0.1, 0.15) is 83.8 Å². The van der Waals surface area contributed by atoms with Crippen LogP contribution >= 0.6 is 15.9 Å². The first-order valence-corrected chi connectivity index (χ1v) is 16.0. The molecule has 1 aliphatic heterocycles. The van der Waals surface area contributed by atoms with Crippen LogP contribution in [0.2, 0.25) is 0 Å². The molecule has 0 aromatic heterocycles. The topological polar surface area (TPSA) is 75.7 Å². The van der Waals surface area contributed by atoms with Crippen molar-refractivity contribution < 1.29 is 19.1 Å². The van der Waals surface area contributed by atoms with E-state index in [2.05, 4.69) is 79.8 Å². The Morgan fingerprint density at radius 2 is 1.49 bits per heavy atom. The minimum atomic E-state index is -0.507. The molecule has 0 saturated carbocycles. The molecule has 230 valence electrons. The molecule has 2 aliphatic carbocycles. The van der Waals surface area contributed by atoms with Gasteiger partial charge < -0.3 is 15.0 Å². The Balaban J connectivity index is 0.000000530. The summed E-state index contributed by atoms with van der Waals surface area (Å²) < 4.78 is 6.80. The summed E-state index contributed by atoms with van der Waals surface area (Å²) in [5.41, 5.74) is 5.29. The Morgan fingerprint density at radius 3 is 1.95 bits per heavy atom. The third kappa shape index (κ3) is 7.49. The molecule has 43 heavy (non-hydrogen) atoms. The van der Waals surface area contributed by atoms with Gasteiger partial charge in [0.1, 0.15) is 5.75 Å². The Labute approximate surface area is 265 Å². The van der Waals surface area contributed by atoms with E-state index in [1.54, 1.807) is 7.05 Å². The van der Waals surface area contributed by atoms with Crippen molar-refractivity contribution in [1.82, 2.24) is 10.2 Å². The first kappa shape index (κ1) is 32.7. The minimum absolute atomic E-state index is 0.0914. The maximum atomic E-state index is 13.9. The zero-order valence-electron chi connectivity index (χ0n) is 26.6. The number of halogens is 1. The lowest BCUT2D eigenvalue weighted by molar-refractivity contribution is -0.123. The Kier molecular flexibility index (Phi) is 10.1. The number of benzene rings is 2. The monoisotopic (exact) mass is 648 g/mol. The predicted octanol–water partition coefficient (Wildman–Crippen LogP) is 7.66. The molecule has 0 radical (unpaired) electrons. The van der Waals surface area contributed by atoms with Gasteiger partial charge in [-0.25, -0.2) is 0 Å². The maximum Gasteiger partial charge on any atom is 0.257 e. The minimum Gasteiger partial charge on any atom is -0.483 e. The molecule has 0 bridgehead atoms. The van der Waals surface area contributed by atoms with E-state index in [-0.39, 0.29) is 34.9 Å². The van der Waals surface area contributed by atoms with Gasteiger partial charge in [0.2, 0.25) is 0 Å². The van der Waals surface area contributed by atoms with Gasteiger partial charge in [0.05, 0.1) is 0 Å². The average Bonchev–Trinajstić information content (AvgIpc) is 2.92. The number of aryl methyl sites for hydroxylation is 1. The lowest BCUT2D eigenvalue weighted by atomic mass is 9.63. The highest BCUT2D eigenvalue weighted by atomic mass is 79.9. The number of nitrogens with zero attached hydrogens (tertiary/aromatic N) is 1. The Morgan fingerprint density at radius 1 is 0.930 bits per heavy atom. The summed E-state index contributed by atoms with van der Waals surface area (Å²) in [6, 6.07) is 15.9. The highest BCUT2D eigenvalue weighted by Gasteiger charge is 2.49. The first-order valence-electron chi connectivity index (χ1n) is 15.2. The molecule has 7 heteroatoms. The standard InChI is InChI=1S/C29H37BrN2O4.C7H8/c1-7-10-32-19-12-28(2,3)14-21(33)26(19)25(27-20(32)13-29(4,5)15-22(27)34)18-11-17(30)8-9-23(18)36-16-24(35)31-6;1-7-5-3-2-4-6-7/h8-9,11,25H,7,10,12-16H2,1-6H3,(H,31,35);2-6H,1H3. The van der Waals surface area contributed by atoms with Crippen molar-refractivity contribution in [3.8, 4) is 5.75 Å². The van der Waals surface area contributed by atoms with Crippen molar-refractivity contribution in [1.29, 1.82) is 0 Å². The average molecular weight is 650 g/mol. The van der Waals surface area contributed by atoms with E-state index in [1.165, 1.54) is 5.56 Å². The number of amides is 1. The van der Waals surface area contributed by atoms with Crippen LogP contribution in [-0.2, 0) is 14.4 Å². The fraction of sp³-hybridized carbons (Fsp3) is 0.472. The summed E-state index contributed by atoms with van der Waals surface area (Å²) in [6.45, 7) is 13.4. The largest absolute Gasteiger partial charge is 0.483 e. The molecule has 1 amide bonds. The molecule has 0 fully saturated rings. The fourth-order valence-electron chi connectivity index (χ4n) is 6.48. The number of ketones is 2. The second kappa shape index (κ2) is 13.2. The predicted molar refractivity (Wildman–Crippen MR) is 175 cm³/mol. The van der Waals surface area contributed by atoms with Gasteiger partial charge in [-0.15, -0.1) is 0 Å². The highest BCUT2D eigenvalue weighted by molar-refractivity contribution is 9.10. The lowest BCUT2D eigenvalue weighted by Gasteiger charge is -2.49. The van der Waals surface area contributed by atoms with Gasteiger partial charge in [0.15, 0.2) is 18.2 Å². The third-order valence-corrected chi connectivity index (χ3v) is 8.82. The van der Waals surface area contributed by atoms with E-state index < -0.39 is 5.92 Å². The second-order valence-corrected chi connectivity index (χ2v) is 14.4. The van der Waals surface area contributed by atoms with Crippen molar-refractivity contribution in [2.75, 3.05) is 20.2 Å². The van der Waals surface area contributed by atoms with Gasteiger partial charge in [0, 0.05) is 64.9 Å². The molecule has 1 heterocycles. The first-order chi connectivity index (χ1) is 20.3. The van der Waals surface area contributed by atoms with Crippen LogP contribution in [0.5, 0.6) is 5.75 Å². The van der Waals surface area contributed by atoms with Crippen molar-refractivity contribution >= 4 is 33.4 Å². The number of rotatable bonds is 6. The summed E-state index contributed by atoms with van der Waals surface area (Å²) in [5.74, 6) is -0.0489. The number of carbonyl (C=O) groups is 3. The highest BCUT2D eigenvalue weighted by Crippen LogP contribution is 2.55. The molecule has 6 nitrogen and oxygen atoms in total. The quantitative estimate of drug-likeness (QED) is 0.348. The van der Waals surface area contributed by atoms with Crippen molar-refractivity contribution in [2.24, 2.45) is 10.8 Å². The number of hydrogen-bond donors (Lipinski definition) is 1. The van der Waals surface area contributed by atoms with Gasteiger partial charge in [-0.3, -0.25) is 14.4 Å². The summed E-state index contributed by atoms with van der Waals surface area (Å²) in [6.07, 6.45) is 3.34. The summed E-state index contributed by atoms with van der Waals surface area (Å²) in [7, 11) is 1.57. The SMILES string of the molecule is CCCN1C2=C(C(=O)CC(C)(C)C2)C(c2cc(Br)ccc2OCC(=O)NC)C2=C1CC(C)(C)CC2=O.Cc1ccccc1. The number of ether oxygens (including phenoxy) is 1. The molecule has 0 unspecified atom stereocenters. The van der Waals surface area contributed by atoms with E-state index >= 15 is 0 Å². The molecule has 2 aromatic carbocycles. The second-order valence-electron chi connectivity index (χ2n) is 13.5. The number of hydrogen-bond acceptors (Lipinski definition) is 5. The number of nitrogens with one attached hydrogen (secondary N) is 1. The van der Waals surface area contributed by atoms with E-state index in [0.717, 1.165) is 58.4 Å². The van der Waals surface area contributed by atoms with E-state index in [9.17, 15) is 14.4 Å². The number of carbonyl (C=O) groups excluding carboxylic acids is 3. The van der Waals surface area contributed by atoms with Crippen LogP contribution in [0, 0.1) is 17.8 Å². The number of allylic oxidation sites excluding steroid dienone is 4. The smallest absolute Gasteiger partial charge is 0.257 e. The van der Waals surface area contributed by atoms with Gasteiger partial charge in [-0.05, 0) is 55.2 Å². The normalized spacial score (nSPS) is 19.3. The zero-order valence-corrected chi connectivity index (χ0v) is 28.2. The number of likely N-dealkylation sites (N-methyl/N-ethyl adjacent to an activating group) is 1. The third-order valence-electron chi connectivity index (χ3n) is 8.33. The molecule has 1 N–H and O–H groups in total. The summed E-state index contributed by atoms with van der Waals surface area (Å²) in [5, 5.41) is 2.58. The maximum absolute atomic E-state index is 13.9. The molecular formula is C36H45BrN2O4. The van der Waals surface area contributed by atoms with Crippen LogP contribution in [0.4, 0.5) is 0 Å². The van der Waals surface area contributed by atoms with Crippen LogP contribution < -0.4 is 10.1 Å². The van der Waals surface area contributed by atoms with E-state index in [0.29, 0.717) is 18.6 Å². The van der Waals surface area contributed by atoms with Gasteiger partial charge in [-0.2, -0.15) is 0 Å². The van der Waals surface area contributed by atoms with Crippen molar-refractivity contribution in [3.05, 3.63) is 86.7 Å². The fourth-order valence-corrected chi connectivity index (χ4v) is 6.86. The zero-order chi connectivity index (χ0) is 31.5. The van der Waals surface area contributed by atoms with Crippen molar-refractivity contribution in [3.63, 3.8) is 0 Å². The van der Waals surface area contributed by atoms with Gasteiger partial charge >= 0.3 is 0 Å². The summed E-state index contributed by atoms with van der Waals surface area (Å²) in [4.78, 5) is 42.0. The molecule has 0 spiro atoms. The van der Waals surface area contributed by atoms with Gasteiger partial charge in [-0.1, -0.05) is 86.4 Å². The molecule has 3 aliphatic rings.